The van der Waals surface area contributed by atoms with E-state index in [1.165, 1.54) is 12.3 Å². The summed E-state index contributed by atoms with van der Waals surface area (Å²) in [6.45, 7) is 0. The number of nitrogen functional groups attached to an aromatic ring is 1. The van der Waals surface area contributed by atoms with Crippen LogP contribution in [0.25, 0.3) is 0 Å². The molecule has 1 aromatic heterocycles. The van der Waals surface area contributed by atoms with E-state index < -0.39 is 17.9 Å². The Kier molecular flexibility index (Phi) is 4.06. The molecular formula is C11H11N3O3. The van der Waals surface area contributed by atoms with Gasteiger partial charge in [-0.15, -0.1) is 12.3 Å². The third-order valence-electron chi connectivity index (χ3n) is 1.98. The first kappa shape index (κ1) is 12.5. The Morgan fingerprint density at radius 3 is 2.88 bits per heavy atom. The van der Waals surface area contributed by atoms with Gasteiger partial charge >= 0.3 is 5.97 Å². The van der Waals surface area contributed by atoms with Crippen molar-refractivity contribution in [1.82, 2.24) is 10.3 Å². The fourth-order valence-corrected chi connectivity index (χ4v) is 1.15. The van der Waals surface area contributed by atoms with Gasteiger partial charge in [0.1, 0.15) is 6.04 Å². The van der Waals surface area contributed by atoms with Crippen molar-refractivity contribution in [3.05, 3.63) is 24.0 Å². The second-order valence-corrected chi connectivity index (χ2v) is 3.21. The number of aromatic nitrogens is 1. The van der Waals surface area contributed by atoms with Crippen molar-refractivity contribution in [2.75, 3.05) is 5.73 Å². The number of hydrogen-bond donors (Lipinski definition) is 3. The molecule has 0 saturated carbocycles. The standard InChI is InChI=1S/C11H11N3O3/c1-2-4-8(11(16)17)14-10(15)9-7(12)5-3-6-13-9/h1,3,5-6,8H,4,12H2,(H,14,15)(H,16,17). The average Bonchev–Trinajstić information content (AvgIpc) is 2.28. The molecule has 4 N–H and O–H groups in total. The number of nitrogens with zero attached hydrogens (tertiary/aromatic N) is 1. The third-order valence-corrected chi connectivity index (χ3v) is 1.98. The average molecular weight is 233 g/mol. The summed E-state index contributed by atoms with van der Waals surface area (Å²) in [6.07, 6.45) is 6.29. The Morgan fingerprint density at radius 1 is 1.65 bits per heavy atom. The first-order valence-corrected chi connectivity index (χ1v) is 4.74. The van der Waals surface area contributed by atoms with Gasteiger partial charge in [0.25, 0.3) is 5.91 Å². The number of anilines is 1. The van der Waals surface area contributed by atoms with Gasteiger partial charge in [-0.1, -0.05) is 0 Å². The van der Waals surface area contributed by atoms with Gasteiger partial charge < -0.3 is 16.2 Å². The number of pyridine rings is 1. The number of carboxylic acids is 1. The van der Waals surface area contributed by atoms with E-state index in [1.807, 2.05) is 0 Å². The quantitative estimate of drug-likeness (QED) is 0.628. The number of carboxylic acid groups (broad SMARTS) is 1. The van der Waals surface area contributed by atoms with Crippen LogP contribution in [0.1, 0.15) is 16.9 Å². The molecule has 0 spiro atoms. The summed E-state index contributed by atoms with van der Waals surface area (Å²) in [5, 5.41) is 11.1. The molecule has 0 fully saturated rings. The maximum absolute atomic E-state index is 11.7. The molecule has 0 aliphatic rings. The van der Waals surface area contributed by atoms with Gasteiger partial charge in [-0.3, -0.25) is 4.79 Å². The van der Waals surface area contributed by atoms with Crippen molar-refractivity contribution in [3.8, 4) is 12.3 Å². The zero-order valence-electron chi connectivity index (χ0n) is 8.88. The molecule has 1 aromatic rings. The van der Waals surface area contributed by atoms with Gasteiger partial charge in [0.2, 0.25) is 0 Å². The van der Waals surface area contributed by atoms with Gasteiger partial charge in [-0.25, -0.2) is 9.78 Å². The molecule has 0 aromatic carbocycles. The summed E-state index contributed by atoms with van der Waals surface area (Å²) in [4.78, 5) is 26.2. The minimum atomic E-state index is -1.20. The predicted octanol–water partition coefficient (Wildman–Crippen LogP) is -0.130. The van der Waals surface area contributed by atoms with Crippen LogP contribution in [-0.4, -0.2) is 28.0 Å². The number of rotatable bonds is 4. The second kappa shape index (κ2) is 5.51. The fraction of sp³-hybridized carbons (Fsp3) is 0.182. The Balaban J connectivity index is 2.82. The number of carbonyl (C=O) groups excluding carboxylic acids is 1. The van der Waals surface area contributed by atoms with E-state index in [0.717, 1.165) is 0 Å². The van der Waals surface area contributed by atoms with Crippen molar-refractivity contribution in [2.24, 2.45) is 0 Å². The zero-order valence-corrected chi connectivity index (χ0v) is 8.88. The Bertz CT molecular complexity index is 479. The van der Waals surface area contributed by atoms with Crippen LogP contribution in [0.2, 0.25) is 0 Å². The first-order valence-electron chi connectivity index (χ1n) is 4.74. The second-order valence-electron chi connectivity index (χ2n) is 3.21. The highest BCUT2D eigenvalue weighted by atomic mass is 16.4. The maximum atomic E-state index is 11.7. The van der Waals surface area contributed by atoms with Gasteiger partial charge in [0, 0.05) is 12.6 Å². The molecule has 0 aliphatic heterocycles. The molecule has 6 nitrogen and oxygen atoms in total. The summed E-state index contributed by atoms with van der Waals surface area (Å²) >= 11 is 0. The molecule has 6 heteroatoms. The molecule has 1 amide bonds. The summed E-state index contributed by atoms with van der Waals surface area (Å²) in [5.74, 6) is 0.309. The highest BCUT2D eigenvalue weighted by Gasteiger charge is 2.21. The minimum Gasteiger partial charge on any atom is -0.480 e. The largest absolute Gasteiger partial charge is 0.480 e. The van der Waals surface area contributed by atoms with Gasteiger partial charge in [-0.2, -0.15) is 0 Å². The lowest BCUT2D eigenvalue weighted by Crippen LogP contribution is -2.41. The van der Waals surface area contributed by atoms with E-state index >= 15 is 0 Å². The highest BCUT2D eigenvalue weighted by Crippen LogP contribution is 2.07. The van der Waals surface area contributed by atoms with E-state index in [0.29, 0.717) is 0 Å². The smallest absolute Gasteiger partial charge is 0.327 e. The molecule has 1 unspecified atom stereocenters. The highest BCUT2D eigenvalue weighted by molar-refractivity contribution is 5.98. The number of hydrogen-bond acceptors (Lipinski definition) is 4. The predicted molar refractivity (Wildman–Crippen MR) is 61.0 cm³/mol. The van der Waals surface area contributed by atoms with Crippen LogP contribution in [0, 0.1) is 12.3 Å². The molecule has 0 saturated heterocycles. The monoisotopic (exact) mass is 233 g/mol. The summed E-state index contributed by atoms with van der Waals surface area (Å²) in [5.41, 5.74) is 5.69. The van der Waals surface area contributed by atoms with Crippen LogP contribution in [0.15, 0.2) is 18.3 Å². The topological polar surface area (TPSA) is 105 Å². The van der Waals surface area contributed by atoms with Crippen molar-refractivity contribution < 1.29 is 14.7 Å². The van der Waals surface area contributed by atoms with Crippen LogP contribution >= 0.6 is 0 Å². The maximum Gasteiger partial charge on any atom is 0.327 e. The van der Waals surface area contributed by atoms with Gasteiger partial charge in [0.15, 0.2) is 5.69 Å². The molecule has 0 radical (unpaired) electrons. The Hall–Kier alpha value is -2.55. The number of carbonyl (C=O) groups is 2. The molecule has 1 atom stereocenters. The van der Waals surface area contributed by atoms with Crippen LogP contribution < -0.4 is 11.1 Å². The van der Waals surface area contributed by atoms with Crippen LogP contribution in [0.4, 0.5) is 5.69 Å². The van der Waals surface area contributed by atoms with E-state index in [4.69, 9.17) is 17.3 Å². The normalized spacial score (nSPS) is 11.2. The van der Waals surface area contributed by atoms with Gasteiger partial charge in [-0.05, 0) is 12.1 Å². The Morgan fingerprint density at radius 2 is 2.35 bits per heavy atom. The van der Waals surface area contributed by atoms with Gasteiger partial charge in [0.05, 0.1) is 5.69 Å². The van der Waals surface area contributed by atoms with Crippen molar-refractivity contribution in [2.45, 2.75) is 12.5 Å². The van der Waals surface area contributed by atoms with Crippen LogP contribution in [0.3, 0.4) is 0 Å². The number of amides is 1. The van der Waals surface area contributed by atoms with Crippen molar-refractivity contribution in [1.29, 1.82) is 0 Å². The Labute approximate surface area is 97.8 Å². The number of aliphatic carboxylic acids is 1. The molecule has 17 heavy (non-hydrogen) atoms. The fourth-order valence-electron chi connectivity index (χ4n) is 1.15. The number of terminal acetylenes is 1. The summed E-state index contributed by atoms with van der Waals surface area (Å²) in [7, 11) is 0. The van der Waals surface area contributed by atoms with Crippen molar-refractivity contribution in [3.63, 3.8) is 0 Å². The molecular weight excluding hydrogens is 222 g/mol. The van der Waals surface area contributed by atoms with Crippen LogP contribution in [0.5, 0.6) is 0 Å². The minimum absolute atomic E-state index is 0.0178. The van der Waals surface area contributed by atoms with E-state index in [2.05, 4.69) is 16.2 Å². The lowest BCUT2D eigenvalue weighted by molar-refractivity contribution is -0.139. The summed E-state index contributed by atoms with van der Waals surface area (Å²) < 4.78 is 0. The number of nitrogens with two attached hydrogens (primary N) is 1. The molecule has 0 aliphatic carbocycles. The molecule has 0 bridgehead atoms. The summed E-state index contributed by atoms with van der Waals surface area (Å²) in [6, 6.07) is 1.93. The molecule has 1 heterocycles. The molecule has 88 valence electrons. The van der Waals surface area contributed by atoms with E-state index in [9.17, 15) is 9.59 Å². The zero-order chi connectivity index (χ0) is 12.8. The van der Waals surface area contributed by atoms with Crippen molar-refractivity contribution >= 4 is 17.6 Å². The third kappa shape index (κ3) is 3.21. The van der Waals surface area contributed by atoms with Crippen LogP contribution in [-0.2, 0) is 4.79 Å². The van der Waals surface area contributed by atoms with E-state index in [-0.39, 0.29) is 17.8 Å². The SMILES string of the molecule is C#CCC(NC(=O)c1ncccc1N)C(=O)O. The first-order chi connectivity index (χ1) is 8.06. The molecule has 1 rings (SSSR count). The lowest BCUT2D eigenvalue weighted by Gasteiger charge is -2.11. The van der Waals surface area contributed by atoms with E-state index in [1.54, 1.807) is 6.07 Å². The lowest BCUT2D eigenvalue weighted by atomic mass is 10.2. The number of nitrogens with one attached hydrogen (secondary N) is 1.